The van der Waals surface area contributed by atoms with Gasteiger partial charge in [-0.15, -0.1) is 0 Å². The monoisotopic (exact) mass is 234 g/mol. The Labute approximate surface area is 75.3 Å². The van der Waals surface area contributed by atoms with Crippen molar-refractivity contribution in [3.63, 3.8) is 0 Å². The molecule has 0 saturated carbocycles. The van der Waals surface area contributed by atoms with Crippen LogP contribution in [0.5, 0.6) is 0 Å². The van der Waals surface area contributed by atoms with E-state index in [0.717, 1.165) is 0 Å². The van der Waals surface area contributed by atoms with Gasteiger partial charge in [0.2, 0.25) is 0 Å². The van der Waals surface area contributed by atoms with Gasteiger partial charge in [-0.3, -0.25) is 0 Å². The molecular formula is C3H8O8P2-6. The molecule has 0 unspecified atom stereocenters. The first-order chi connectivity index (χ1) is 5.41. The number of phosphoric acid groups is 2. The zero-order chi connectivity index (χ0) is 11.7. The first-order valence-corrected chi connectivity index (χ1v) is 5.80. The summed E-state index contributed by atoms with van der Waals surface area (Å²) in [5.74, 6) is 0. The molecule has 8 nitrogen and oxygen atoms in total. The molecule has 0 radical (unpaired) electrons. The van der Waals surface area contributed by atoms with Gasteiger partial charge in [0.1, 0.15) is 0 Å². The van der Waals surface area contributed by atoms with E-state index in [1.807, 2.05) is 0 Å². The maximum atomic E-state index is 8.55. The molecule has 0 atom stereocenters. The molecule has 0 fully saturated rings. The summed E-state index contributed by atoms with van der Waals surface area (Å²) < 4.78 is 17.1. The lowest BCUT2D eigenvalue weighted by atomic mass is 10.6. The predicted molar refractivity (Wildman–Crippen MR) is 31.2 cm³/mol. The average molecular weight is 234 g/mol. The summed E-state index contributed by atoms with van der Waals surface area (Å²) in [5.41, 5.74) is 0. The van der Waals surface area contributed by atoms with Gasteiger partial charge in [0.05, 0.1) is 0 Å². The van der Waals surface area contributed by atoms with E-state index >= 15 is 0 Å². The third-order valence-corrected chi connectivity index (χ3v) is 0. The molecule has 0 rings (SSSR count). The Morgan fingerprint density at radius 3 is 0.769 bits per heavy atom. The van der Waals surface area contributed by atoms with Crippen LogP contribution in [-0.4, -0.2) is 0 Å². The van der Waals surface area contributed by atoms with Crippen LogP contribution in [0, 0.1) is 0 Å². The second kappa shape index (κ2) is 8.80. The largest absolute Gasteiger partial charge is 0.822 e. The molecule has 0 N–H and O–H groups in total. The van der Waals surface area contributed by atoms with Gasteiger partial charge in [-0.25, -0.2) is 0 Å². The maximum absolute atomic E-state index is 8.55. The Hall–Kier alpha value is 0.220. The molecule has 0 aromatic carbocycles. The van der Waals surface area contributed by atoms with Crippen LogP contribution < -0.4 is 29.4 Å². The van der Waals surface area contributed by atoms with Gasteiger partial charge in [0.15, 0.2) is 0 Å². The zero-order valence-electron chi connectivity index (χ0n) is 6.87. The predicted octanol–water partition coefficient (Wildman–Crippen LogP) is -4.23. The van der Waals surface area contributed by atoms with Crippen LogP contribution >= 0.6 is 15.6 Å². The fourth-order valence-electron chi connectivity index (χ4n) is 0. The van der Waals surface area contributed by atoms with Crippen LogP contribution in [0.25, 0.3) is 0 Å². The lowest BCUT2D eigenvalue weighted by Crippen LogP contribution is -2.24. The van der Waals surface area contributed by atoms with Gasteiger partial charge in [-0.2, -0.15) is 15.6 Å². The fraction of sp³-hybridized carbons (Fsp3) is 1.00. The number of hydrogen-bond acceptors (Lipinski definition) is 8. The molecule has 0 amide bonds. The van der Waals surface area contributed by atoms with Crippen molar-refractivity contribution in [1.82, 2.24) is 0 Å². The highest BCUT2D eigenvalue weighted by Gasteiger charge is 1.45. The van der Waals surface area contributed by atoms with E-state index in [1.54, 1.807) is 0 Å². The smallest absolute Gasteiger partial charge is 0.0590 e. The van der Waals surface area contributed by atoms with Gasteiger partial charge in [-0.05, 0) is 0 Å². The molecule has 10 heteroatoms. The molecule has 13 heavy (non-hydrogen) atoms. The van der Waals surface area contributed by atoms with Crippen LogP contribution in [0.15, 0.2) is 0 Å². The van der Waals surface area contributed by atoms with Crippen molar-refractivity contribution in [2.45, 2.75) is 20.3 Å². The summed E-state index contributed by atoms with van der Waals surface area (Å²) in [6.45, 7) is 4.25. The first kappa shape index (κ1) is 18.9. The topological polar surface area (TPSA) is 172 Å². The Balaban J connectivity index is -0.000000120. The third-order valence-electron chi connectivity index (χ3n) is 0. The first-order valence-electron chi connectivity index (χ1n) is 2.87. The molecule has 0 aromatic rings. The minimum Gasteiger partial charge on any atom is -0.822 e. The molecule has 0 saturated heterocycles. The SMILES string of the molecule is CCC.O=P([O-])([O-])[O-].O=P([O-])([O-])[O-]. The van der Waals surface area contributed by atoms with Crippen molar-refractivity contribution in [2.75, 3.05) is 0 Å². The lowest BCUT2D eigenvalue weighted by Gasteiger charge is -2.36. The highest BCUT2D eigenvalue weighted by molar-refractivity contribution is 7.40. The van der Waals surface area contributed by atoms with Gasteiger partial charge in [-0.1, -0.05) is 20.3 Å². The van der Waals surface area contributed by atoms with Crippen molar-refractivity contribution in [2.24, 2.45) is 0 Å². The van der Waals surface area contributed by atoms with Crippen LogP contribution in [0.2, 0.25) is 0 Å². The van der Waals surface area contributed by atoms with Crippen molar-refractivity contribution in [3.05, 3.63) is 0 Å². The highest BCUT2D eigenvalue weighted by Crippen LogP contribution is 2.03. The lowest BCUT2D eigenvalue weighted by molar-refractivity contribution is -0.434. The second-order valence-corrected chi connectivity index (χ2v) is 3.39. The quantitative estimate of drug-likeness (QED) is 0.379. The minimum atomic E-state index is -5.39. The van der Waals surface area contributed by atoms with Crippen LogP contribution in [-0.2, 0) is 9.13 Å². The molecule has 0 aliphatic rings. The van der Waals surface area contributed by atoms with E-state index in [2.05, 4.69) is 13.8 Å². The minimum absolute atomic E-state index is 1.25. The summed E-state index contributed by atoms with van der Waals surface area (Å²) in [5, 5.41) is 0. The van der Waals surface area contributed by atoms with Crippen molar-refractivity contribution >= 4 is 15.6 Å². The van der Waals surface area contributed by atoms with Gasteiger partial charge in [0, 0.05) is 0 Å². The van der Waals surface area contributed by atoms with Crippen molar-refractivity contribution < 1.29 is 38.5 Å². The summed E-state index contributed by atoms with van der Waals surface area (Å²) in [6, 6.07) is 0. The fourth-order valence-corrected chi connectivity index (χ4v) is 0. The Kier molecular flexibility index (Phi) is 12.8. The number of hydrogen-bond donors (Lipinski definition) is 0. The van der Waals surface area contributed by atoms with E-state index in [4.69, 9.17) is 38.5 Å². The van der Waals surface area contributed by atoms with Crippen molar-refractivity contribution in [1.29, 1.82) is 0 Å². The Morgan fingerprint density at radius 1 is 0.769 bits per heavy atom. The molecule has 0 aromatic heterocycles. The van der Waals surface area contributed by atoms with Crippen molar-refractivity contribution in [3.8, 4) is 0 Å². The molecular weight excluding hydrogens is 226 g/mol. The molecule has 0 bridgehead atoms. The molecule has 0 heterocycles. The normalized spacial score (nSPS) is 10.5. The molecule has 0 spiro atoms. The third kappa shape index (κ3) is 26400. The van der Waals surface area contributed by atoms with E-state index in [0.29, 0.717) is 0 Å². The van der Waals surface area contributed by atoms with Gasteiger partial charge >= 0.3 is 0 Å². The zero-order valence-corrected chi connectivity index (χ0v) is 8.66. The summed E-state index contributed by atoms with van der Waals surface area (Å²) >= 11 is 0. The van der Waals surface area contributed by atoms with E-state index in [9.17, 15) is 0 Å². The standard InChI is InChI=1S/C3H8.2H3O4P/c1-3-2;2*1-5(2,3)4/h3H2,1-2H3;2*(H3,1,2,3,4)/p-6. The van der Waals surface area contributed by atoms with E-state index in [-0.39, 0.29) is 0 Å². The van der Waals surface area contributed by atoms with Crippen LogP contribution in [0.4, 0.5) is 0 Å². The van der Waals surface area contributed by atoms with Crippen LogP contribution in [0.3, 0.4) is 0 Å². The van der Waals surface area contributed by atoms with Gasteiger partial charge < -0.3 is 38.5 Å². The van der Waals surface area contributed by atoms with Crippen LogP contribution in [0.1, 0.15) is 20.3 Å². The summed E-state index contributed by atoms with van der Waals surface area (Å²) in [7, 11) is -10.8. The number of rotatable bonds is 0. The molecule has 0 aliphatic heterocycles. The average Bonchev–Trinajstić information content (AvgIpc) is 1.52. The Morgan fingerprint density at radius 2 is 0.769 bits per heavy atom. The van der Waals surface area contributed by atoms with E-state index < -0.39 is 15.6 Å². The van der Waals surface area contributed by atoms with Gasteiger partial charge in [0.25, 0.3) is 0 Å². The Bertz CT molecular complexity index is 141. The molecule has 0 aliphatic carbocycles. The summed E-state index contributed by atoms with van der Waals surface area (Å²) in [4.78, 5) is 51.3. The maximum Gasteiger partial charge on any atom is -0.0590 e. The molecule has 84 valence electrons. The van der Waals surface area contributed by atoms with E-state index in [1.165, 1.54) is 6.42 Å². The highest BCUT2D eigenvalue weighted by atomic mass is 31.2. The summed E-state index contributed by atoms with van der Waals surface area (Å²) in [6.07, 6.45) is 1.25. The second-order valence-electron chi connectivity index (χ2n) is 1.60.